The van der Waals surface area contributed by atoms with E-state index in [0.29, 0.717) is 23.5 Å². The van der Waals surface area contributed by atoms with Crippen molar-refractivity contribution in [2.24, 2.45) is 0 Å². The summed E-state index contributed by atoms with van der Waals surface area (Å²) >= 11 is 0. The van der Waals surface area contributed by atoms with Crippen LogP contribution in [0.15, 0.2) is 12.1 Å². The Morgan fingerprint density at radius 2 is 2.08 bits per heavy atom. The van der Waals surface area contributed by atoms with Gasteiger partial charge in [-0.3, -0.25) is 4.79 Å². The molecule has 2 rings (SSSR count). The van der Waals surface area contributed by atoms with E-state index in [-0.39, 0.29) is 5.91 Å². The number of benzene rings is 1. The number of hydrogen-bond donors (Lipinski definition) is 3. The number of carbonyl (C=O) groups is 1. The lowest BCUT2D eigenvalue weighted by atomic mass is 10.1. The monoisotopic (exact) mass is 163 g/mol. The topological polar surface area (TPSA) is 81.1 Å². The first kappa shape index (κ1) is 6.97. The van der Waals surface area contributed by atoms with Crippen LogP contribution in [-0.2, 0) is 11.2 Å². The van der Waals surface area contributed by atoms with Crippen molar-refractivity contribution < 1.29 is 4.79 Å². The molecule has 1 aliphatic rings. The lowest BCUT2D eigenvalue weighted by Crippen LogP contribution is -2.04. The number of carbonyl (C=O) groups excluding carboxylic acids is 1. The highest BCUT2D eigenvalue weighted by molar-refractivity contribution is 6.03. The summed E-state index contributed by atoms with van der Waals surface area (Å²) in [4.78, 5) is 11.0. The smallest absolute Gasteiger partial charge is 0.228 e. The first-order valence-corrected chi connectivity index (χ1v) is 3.64. The average Bonchev–Trinajstić information content (AvgIpc) is 2.29. The molecule has 0 aromatic heterocycles. The normalized spacial score (nSPS) is 14.2. The number of nitrogens with one attached hydrogen (secondary N) is 1. The van der Waals surface area contributed by atoms with Crippen LogP contribution in [0.5, 0.6) is 0 Å². The highest BCUT2D eigenvalue weighted by Gasteiger charge is 2.19. The van der Waals surface area contributed by atoms with Crippen molar-refractivity contribution in [3.05, 3.63) is 17.7 Å². The van der Waals surface area contributed by atoms with E-state index in [4.69, 9.17) is 11.5 Å². The van der Waals surface area contributed by atoms with Gasteiger partial charge in [0.2, 0.25) is 5.91 Å². The van der Waals surface area contributed by atoms with E-state index in [1.807, 2.05) is 0 Å². The van der Waals surface area contributed by atoms with Crippen LogP contribution < -0.4 is 16.8 Å². The van der Waals surface area contributed by atoms with Gasteiger partial charge in [-0.05, 0) is 17.7 Å². The number of nitrogens with two attached hydrogens (primary N) is 2. The third-order valence-electron chi connectivity index (χ3n) is 1.89. The van der Waals surface area contributed by atoms with Gasteiger partial charge in [0.1, 0.15) is 0 Å². The highest BCUT2D eigenvalue weighted by Crippen LogP contribution is 2.31. The molecule has 0 saturated heterocycles. The van der Waals surface area contributed by atoms with Gasteiger partial charge in [0.25, 0.3) is 0 Å². The van der Waals surface area contributed by atoms with Crippen LogP contribution in [-0.4, -0.2) is 5.91 Å². The zero-order chi connectivity index (χ0) is 8.72. The molecule has 0 unspecified atom stereocenters. The van der Waals surface area contributed by atoms with Crippen LogP contribution in [0.4, 0.5) is 17.1 Å². The number of hydrogen-bond acceptors (Lipinski definition) is 3. The van der Waals surface area contributed by atoms with Gasteiger partial charge < -0.3 is 16.8 Å². The number of fused-ring (bicyclic) bond motifs is 1. The molecule has 62 valence electrons. The molecule has 0 radical (unpaired) electrons. The Hall–Kier alpha value is -1.71. The van der Waals surface area contributed by atoms with Crippen LogP contribution >= 0.6 is 0 Å². The first-order valence-electron chi connectivity index (χ1n) is 3.64. The molecule has 0 aliphatic carbocycles. The maximum atomic E-state index is 11.0. The molecule has 4 nitrogen and oxygen atoms in total. The van der Waals surface area contributed by atoms with Crippen LogP contribution in [0.2, 0.25) is 0 Å². The number of rotatable bonds is 0. The van der Waals surface area contributed by atoms with Gasteiger partial charge in [0.15, 0.2) is 0 Å². The molecule has 1 amide bonds. The molecule has 1 heterocycles. The van der Waals surface area contributed by atoms with E-state index in [2.05, 4.69) is 5.32 Å². The Bertz CT molecular complexity index is 360. The second-order valence-electron chi connectivity index (χ2n) is 2.87. The fourth-order valence-electron chi connectivity index (χ4n) is 1.40. The van der Waals surface area contributed by atoms with Crippen molar-refractivity contribution in [1.82, 2.24) is 0 Å². The summed E-state index contributed by atoms with van der Waals surface area (Å²) in [5.41, 5.74) is 13.9. The zero-order valence-corrected chi connectivity index (χ0v) is 6.42. The Morgan fingerprint density at radius 3 is 2.83 bits per heavy atom. The van der Waals surface area contributed by atoms with Crippen LogP contribution in [0, 0.1) is 0 Å². The van der Waals surface area contributed by atoms with Crippen molar-refractivity contribution in [3.8, 4) is 0 Å². The molecule has 0 spiro atoms. The number of amides is 1. The molecule has 1 aliphatic heterocycles. The predicted molar refractivity (Wildman–Crippen MR) is 47.6 cm³/mol. The largest absolute Gasteiger partial charge is 0.399 e. The molecule has 0 bridgehead atoms. The average molecular weight is 163 g/mol. The van der Waals surface area contributed by atoms with Crippen LogP contribution in [0.1, 0.15) is 5.56 Å². The molecular weight excluding hydrogens is 154 g/mol. The van der Waals surface area contributed by atoms with Crippen molar-refractivity contribution in [3.63, 3.8) is 0 Å². The molecule has 0 saturated carbocycles. The third-order valence-corrected chi connectivity index (χ3v) is 1.89. The minimum Gasteiger partial charge on any atom is -0.399 e. The van der Waals surface area contributed by atoms with Gasteiger partial charge in [-0.15, -0.1) is 0 Å². The lowest BCUT2D eigenvalue weighted by Gasteiger charge is -2.03. The van der Waals surface area contributed by atoms with E-state index >= 15 is 0 Å². The zero-order valence-electron chi connectivity index (χ0n) is 6.42. The lowest BCUT2D eigenvalue weighted by molar-refractivity contribution is -0.115. The summed E-state index contributed by atoms with van der Waals surface area (Å²) in [6.45, 7) is 0. The maximum Gasteiger partial charge on any atom is 0.228 e. The molecule has 5 N–H and O–H groups in total. The highest BCUT2D eigenvalue weighted by atomic mass is 16.1. The Kier molecular flexibility index (Phi) is 1.24. The van der Waals surface area contributed by atoms with Crippen LogP contribution in [0.25, 0.3) is 0 Å². The van der Waals surface area contributed by atoms with Crippen LogP contribution in [0.3, 0.4) is 0 Å². The van der Waals surface area contributed by atoms with Crippen molar-refractivity contribution in [2.75, 3.05) is 16.8 Å². The van der Waals surface area contributed by atoms with Gasteiger partial charge in [-0.2, -0.15) is 0 Å². The second kappa shape index (κ2) is 2.14. The summed E-state index contributed by atoms with van der Waals surface area (Å²) in [6.07, 6.45) is 0.380. The molecule has 0 atom stereocenters. The van der Waals surface area contributed by atoms with E-state index in [1.165, 1.54) is 0 Å². The summed E-state index contributed by atoms with van der Waals surface area (Å²) in [5, 5.41) is 2.67. The fourth-order valence-corrected chi connectivity index (χ4v) is 1.40. The standard InChI is InChI=1S/C8H9N3O/c9-5-1-4-2-7(12)11-8(4)6(10)3-5/h1,3H,2,9-10H2,(H,11,12). The maximum absolute atomic E-state index is 11.0. The van der Waals surface area contributed by atoms with Gasteiger partial charge in [-0.1, -0.05) is 0 Å². The second-order valence-corrected chi connectivity index (χ2v) is 2.87. The summed E-state index contributed by atoms with van der Waals surface area (Å²) < 4.78 is 0. The van der Waals surface area contributed by atoms with Gasteiger partial charge in [0, 0.05) is 5.69 Å². The summed E-state index contributed by atoms with van der Waals surface area (Å²) in [6, 6.07) is 3.41. The molecule has 12 heavy (non-hydrogen) atoms. The van der Waals surface area contributed by atoms with E-state index in [1.54, 1.807) is 12.1 Å². The van der Waals surface area contributed by atoms with E-state index < -0.39 is 0 Å². The molecular formula is C8H9N3O. The predicted octanol–water partition coefficient (Wildman–Crippen LogP) is 0.346. The molecule has 1 aromatic rings. The fraction of sp³-hybridized carbons (Fsp3) is 0.125. The Labute approximate surface area is 69.5 Å². The minimum absolute atomic E-state index is 0.0256. The molecule has 0 fully saturated rings. The minimum atomic E-state index is -0.0256. The quantitative estimate of drug-likeness (QED) is 0.482. The summed E-state index contributed by atoms with van der Waals surface area (Å²) in [5.74, 6) is -0.0256. The SMILES string of the molecule is Nc1cc(N)c2c(c1)CC(=O)N2. The van der Waals surface area contributed by atoms with Crippen molar-refractivity contribution in [1.29, 1.82) is 0 Å². The van der Waals surface area contributed by atoms with Gasteiger partial charge in [-0.25, -0.2) is 0 Å². The Morgan fingerprint density at radius 1 is 1.33 bits per heavy atom. The van der Waals surface area contributed by atoms with E-state index in [9.17, 15) is 4.79 Å². The van der Waals surface area contributed by atoms with Gasteiger partial charge >= 0.3 is 0 Å². The third kappa shape index (κ3) is 0.887. The number of anilines is 3. The molecule has 1 aromatic carbocycles. The Balaban J connectivity index is 2.59. The number of nitrogen functional groups attached to an aromatic ring is 2. The molecule has 4 heteroatoms. The summed E-state index contributed by atoms with van der Waals surface area (Å²) in [7, 11) is 0. The first-order chi connectivity index (χ1) is 5.66. The van der Waals surface area contributed by atoms with Crippen molar-refractivity contribution >= 4 is 23.0 Å². The van der Waals surface area contributed by atoms with Crippen molar-refractivity contribution in [2.45, 2.75) is 6.42 Å². The van der Waals surface area contributed by atoms with Gasteiger partial charge in [0.05, 0.1) is 17.8 Å². The van der Waals surface area contributed by atoms with E-state index in [0.717, 1.165) is 5.56 Å².